The minimum absolute atomic E-state index is 0.754. The standard InChI is InChI=1S/C12H14ClN3/c1-9-7-10(13)3-4-12(9)16-6-5-11(15-16)8-14-2/h3-7,14H,8H2,1-2H3. The van der Waals surface area contributed by atoms with E-state index in [1.807, 2.05) is 49.1 Å². The molecule has 0 saturated carbocycles. The van der Waals surface area contributed by atoms with Crippen LogP contribution in [0, 0.1) is 6.92 Å². The number of aromatic nitrogens is 2. The number of rotatable bonds is 3. The van der Waals surface area contributed by atoms with Gasteiger partial charge in [-0.15, -0.1) is 0 Å². The van der Waals surface area contributed by atoms with Crippen molar-refractivity contribution >= 4 is 11.6 Å². The van der Waals surface area contributed by atoms with Gasteiger partial charge < -0.3 is 5.32 Å². The van der Waals surface area contributed by atoms with Gasteiger partial charge >= 0.3 is 0 Å². The third-order valence-corrected chi connectivity index (χ3v) is 2.64. The number of hydrogen-bond acceptors (Lipinski definition) is 2. The third kappa shape index (κ3) is 2.26. The van der Waals surface area contributed by atoms with Crippen LogP contribution in [0.5, 0.6) is 0 Å². The summed E-state index contributed by atoms with van der Waals surface area (Å²) in [5, 5.41) is 8.30. The molecule has 3 nitrogen and oxygen atoms in total. The largest absolute Gasteiger partial charge is 0.314 e. The Morgan fingerprint density at radius 3 is 2.88 bits per heavy atom. The van der Waals surface area contributed by atoms with E-state index >= 15 is 0 Å². The van der Waals surface area contributed by atoms with Gasteiger partial charge in [-0.2, -0.15) is 5.10 Å². The van der Waals surface area contributed by atoms with E-state index < -0.39 is 0 Å². The SMILES string of the molecule is CNCc1ccn(-c2ccc(Cl)cc2C)n1. The third-order valence-electron chi connectivity index (χ3n) is 2.41. The van der Waals surface area contributed by atoms with E-state index in [0.717, 1.165) is 28.5 Å². The van der Waals surface area contributed by atoms with E-state index in [0.29, 0.717) is 0 Å². The highest BCUT2D eigenvalue weighted by Gasteiger charge is 2.03. The van der Waals surface area contributed by atoms with Crippen LogP contribution in [0.15, 0.2) is 30.5 Å². The van der Waals surface area contributed by atoms with Crippen LogP contribution in [0.4, 0.5) is 0 Å². The Balaban J connectivity index is 2.35. The summed E-state index contributed by atoms with van der Waals surface area (Å²) in [5.41, 5.74) is 3.20. The lowest BCUT2D eigenvalue weighted by Gasteiger charge is -2.05. The fraction of sp³-hybridized carbons (Fsp3) is 0.250. The molecule has 0 aliphatic rings. The van der Waals surface area contributed by atoms with Gasteiger partial charge in [-0.25, -0.2) is 4.68 Å². The fourth-order valence-corrected chi connectivity index (χ4v) is 1.87. The van der Waals surface area contributed by atoms with Crippen LogP contribution < -0.4 is 5.32 Å². The van der Waals surface area contributed by atoms with Gasteiger partial charge in [0.2, 0.25) is 0 Å². The maximum absolute atomic E-state index is 5.92. The Hall–Kier alpha value is -1.32. The van der Waals surface area contributed by atoms with Crippen molar-refractivity contribution in [2.24, 2.45) is 0 Å². The Kier molecular flexibility index (Phi) is 3.27. The van der Waals surface area contributed by atoms with E-state index in [1.54, 1.807) is 0 Å². The molecule has 2 aromatic rings. The number of benzene rings is 1. The summed E-state index contributed by atoms with van der Waals surface area (Å²) in [5.74, 6) is 0. The molecule has 4 heteroatoms. The van der Waals surface area contributed by atoms with Gasteiger partial charge in [-0.1, -0.05) is 11.6 Å². The average Bonchev–Trinajstić information content (AvgIpc) is 2.67. The topological polar surface area (TPSA) is 29.9 Å². The molecule has 1 aromatic heterocycles. The van der Waals surface area contributed by atoms with Gasteiger partial charge in [0, 0.05) is 17.8 Å². The Morgan fingerprint density at radius 1 is 1.38 bits per heavy atom. The van der Waals surface area contributed by atoms with Crippen molar-refractivity contribution < 1.29 is 0 Å². The maximum Gasteiger partial charge on any atom is 0.0766 e. The molecule has 0 bridgehead atoms. The molecule has 0 unspecified atom stereocenters. The van der Waals surface area contributed by atoms with Crippen molar-refractivity contribution in [2.75, 3.05) is 7.05 Å². The molecule has 1 heterocycles. The normalized spacial score (nSPS) is 10.7. The second kappa shape index (κ2) is 4.68. The van der Waals surface area contributed by atoms with Gasteiger partial charge in [0.05, 0.1) is 11.4 Å². The molecule has 2 rings (SSSR count). The van der Waals surface area contributed by atoms with Crippen molar-refractivity contribution in [3.05, 3.63) is 46.7 Å². The van der Waals surface area contributed by atoms with Gasteiger partial charge in [0.15, 0.2) is 0 Å². The van der Waals surface area contributed by atoms with E-state index in [1.165, 1.54) is 0 Å². The molecule has 0 aliphatic carbocycles. The quantitative estimate of drug-likeness (QED) is 0.886. The summed E-state index contributed by atoms with van der Waals surface area (Å²) in [4.78, 5) is 0. The predicted molar refractivity (Wildman–Crippen MR) is 66.1 cm³/mol. The lowest BCUT2D eigenvalue weighted by atomic mass is 10.2. The number of nitrogens with one attached hydrogen (secondary N) is 1. The summed E-state index contributed by atoms with van der Waals surface area (Å²) in [6, 6.07) is 7.80. The molecular weight excluding hydrogens is 222 g/mol. The predicted octanol–water partition coefficient (Wildman–Crippen LogP) is 2.55. The first-order chi connectivity index (χ1) is 7.70. The van der Waals surface area contributed by atoms with E-state index in [9.17, 15) is 0 Å². The molecule has 0 aliphatic heterocycles. The second-order valence-electron chi connectivity index (χ2n) is 3.71. The van der Waals surface area contributed by atoms with Gasteiger partial charge in [0.25, 0.3) is 0 Å². The van der Waals surface area contributed by atoms with Crippen molar-refractivity contribution in [1.29, 1.82) is 0 Å². The summed E-state index contributed by atoms with van der Waals surface area (Å²) in [7, 11) is 1.91. The van der Waals surface area contributed by atoms with Gasteiger partial charge in [-0.05, 0) is 43.8 Å². The van der Waals surface area contributed by atoms with Gasteiger partial charge in [0.1, 0.15) is 0 Å². The molecule has 0 amide bonds. The highest BCUT2D eigenvalue weighted by atomic mass is 35.5. The first-order valence-corrected chi connectivity index (χ1v) is 5.54. The van der Waals surface area contributed by atoms with Crippen LogP contribution in [0.2, 0.25) is 5.02 Å². The highest BCUT2D eigenvalue weighted by molar-refractivity contribution is 6.30. The molecule has 1 aromatic carbocycles. The summed E-state index contributed by atoms with van der Waals surface area (Å²) >= 11 is 5.92. The van der Waals surface area contributed by atoms with Crippen LogP contribution >= 0.6 is 11.6 Å². The summed E-state index contributed by atoms with van der Waals surface area (Å²) in [6.07, 6.45) is 1.96. The first kappa shape index (κ1) is 11.2. The first-order valence-electron chi connectivity index (χ1n) is 5.16. The highest BCUT2D eigenvalue weighted by Crippen LogP contribution is 2.18. The second-order valence-corrected chi connectivity index (χ2v) is 4.15. The number of aryl methyl sites for hydroxylation is 1. The minimum atomic E-state index is 0.754. The van der Waals surface area contributed by atoms with E-state index in [2.05, 4.69) is 10.4 Å². The zero-order chi connectivity index (χ0) is 11.5. The van der Waals surface area contributed by atoms with Gasteiger partial charge in [-0.3, -0.25) is 0 Å². The smallest absolute Gasteiger partial charge is 0.0766 e. The van der Waals surface area contributed by atoms with E-state index in [4.69, 9.17) is 11.6 Å². The number of hydrogen-bond donors (Lipinski definition) is 1. The van der Waals surface area contributed by atoms with Crippen LogP contribution in [-0.4, -0.2) is 16.8 Å². The molecule has 0 atom stereocenters. The Labute approximate surface area is 100 Å². The van der Waals surface area contributed by atoms with Crippen molar-refractivity contribution in [1.82, 2.24) is 15.1 Å². The van der Waals surface area contributed by atoms with Crippen LogP contribution in [0.3, 0.4) is 0 Å². The molecule has 0 radical (unpaired) electrons. The van der Waals surface area contributed by atoms with Crippen molar-refractivity contribution in [2.45, 2.75) is 13.5 Å². The molecule has 0 spiro atoms. The molecule has 16 heavy (non-hydrogen) atoms. The van der Waals surface area contributed by atoms with E-state index in [-0.39, 0.29) is 0 Å². The van der Waals surface area contributed by atoms with Crippen LogP contribution in [0.25, 0.3) is 5.69 Å². The van der Waals surface area contributed by atoms with Crippen LogP contribution in [-0.2, 0) is 6.54 Å². The number of halogens is 1. The monoisotopic (exact) mass is 235 g/mol. The lowest BCUT2D eigenvalue weighted by Crippen LogP contribution is -2.06. The lowest BCUT2D eigenvalue weighted by molar-refractivity contribution is 0.755. The molecule has 0 saturated heterocycles. The summed E-state index contributed by atoms with van der Waals surface area (Å²) < 4.78 is 1.87. The van der Waals surface area contributed by atoms with Crippen LogP contribution in [0.1, 0.15) is 11.3 Å². The zero-order valence-corrected chi connectivity index (χ0v) is 10.1. The average molecular weight is 236 g/mol. The van der Waals surface area contributed by atoms with Crippen molar-refractivity contribution in [3.63, 3.8) is 0 Å². The molecular formula is C12H14ClN3. The Bertz CT molecular complexity index is 491. The molecule has 0 fully saturated rings. The number of nitrogens with zero attached hydrogens (tertiary/aromatic N) is 2. The maximum atomic E-state index is 5.92. The van der Waals surface area contributed by atoms with Crippen molar-refractivity contribution in [3.8, 4) is 5.69 Å². The minimum Gasteiger partial charge on any atom is -0.314 e. The molecule has 84 valence electrons. The fourth-order valence-electron chi connectivity index (χ4n) is 1.65. The summed E-state index contributed by atoms with van der Waals surface area (Å²) in [6.45, 7) is 2.81. The zero-order valence-electron chi connectivity index (χ0n) is 9.37. The molecule has 1 N–H and O–H groups in total. The Morgan fingerprint density at radius 2 is 2.19 bits per heavy atom.